The van der Waals surface area contributed by atoms with Gasteiger partial charge in [-0.3, -0.25) is 0 Å². The van der Waals surface area contributed by atoms with Gasteiger partial charge in [-0.05, 0) is 0 Å². The Morgan fingerprint density at radius 1 is 0.457 bits per heavy atom. The van der Waals surface area contributed by atoms with Gasteiger partial charge in [-0.25, -0.2) is 0 Å². The third-order valence-corrected chi connectivity index (χ3v) is 12.9. The normalized spacial score (nSPS) is 17.8. The number of allylic oxidation sites excluding steroid dienone is 2. The van der Waals surface area contributed by atoms with E-state index in [9.17, 15) is 0 Å². The summed E-state index contributed by atoms with van der Waals surface area (Å²) in [6.07, 6.45) is 0. The summed E-state index contributed by atoms with van der Waals surface area (Å²) in [5, 5.41) is 0. The molecule has 0 aromatic heterocycles. The molecule has 0 amide bonds. The van der Waals surface area contributed by atoms with Crippen LogP contribution in [0.25, 0.3) is 17.8 Å². The van der Waals surface area contributed by atoms with Gasteiger partial charge in [-0.1, -0.05) is 0 Å². The van der Waals surface area contributed by atoms with Crippen LogP contribution in [0.5, 0.6) is 0 Å². The molecule has 2 atom stereocenters. The van der Waals surface area contributed by atoms with Crippen molar-refractivity contribution >= 4 is 17.8 Å². The van der Waals surface area contributed by atoms with Gasteiger partial charge in [-0.2, -0.15) is 0 Å². The van der Waals surface area contributed by atoms with Crippen LogP contribution in [0.3, 0.4) is 0 Å². The number of hydrogen-bond acceptors (Lipinski definition) is 0. The third-order valence-electron chi connectivity index (χ3n) is 7.22. The van der Waals surface area contributed by atoms with E-state index < -0.39 is 22.9 Å². The van der Waals surface area contributed by atoms with E-state index >= 15 is 0 Å². The van der Waals surface area contributed by atoms with E-state index in [-0.39, 0.29) is 24.8 Å². The average Bonchev–Trinajstić information content (AvgIpc) is 3.32. The van der Waals surface area contributed by atoms with E-state index in [0.717, 1.165) is 0 Å². The third kappa shape index (κ3) is 4.44. The van der Waals surface area contributed by atoms with E-state index in [4.69, 9.17) is 0 Å². The number of rotatable bonds is 4. The van der Waals surface area contributed by atoms with Gasteiger partial charge >= 0.3 is 209 Å². The molecule has 0 fully saturated rings. The van der Waals surface area contributed by atoms with Crippen molar-refractivity contribution in [2.45, 2.75) is 25.7 Å². The summed E-state index contributed by atoms with van der Waals surface area (Å²) in [6.45, 7) is 4.80. The summed E-state index contributed by atoms with van der Waals surface area (Å²) >= 11 is -1.42. The summed E-state index contributed by atoms with van der Waals surface area (Å²) in [4.78, 5) is 0. The molecule has 0 radical (unpaired) electrons. The van der Waals surface area contributed by atoms with Gasteiger partial charge in [0.15, 0.2) is 0 Å². The molecule has 0 bridgehead atoms. The van der Waals surface area contributed by atoms with Crippen molar-refractivity contribution in [3.63, 3.8) is 0 Å². The number of hydrogen-bond donors (Lipinski definition) is 0. The van der Waals surface area contributed by atoms with Crippen LogP contribution in [0.1, 0.15) is 59.1 Å². The molecular weight excluding hydrogens is 634 g/mol. The smallest absolute Gasteiger partial charge is 1.00 e. The molecule has 4 aromatic rings. The molecule has 0 saturated heterocycles. The fraction of sp³-hybridized carbons (Fsp3) is 0.125. The van der Waals surface area contributed by atoms with Crippen molar-refractivity contribution in [1.29, 1.82) is 0 Å². The van der Waals surface area contributed by atoms with E-state index in [1.807, 2.05) is 0 Å². The Morgan fingerprint density at radius 3 is 1.20 bits per heavy atom. The zero-order valence-electron chi connectivity index (χ0n) is 19.8. The molecular formula is C32H26Cl2Hf. The Balaban J connectivity index is 0.00000144. The minimum atomic E-state index is -1.42. The summed E-state index contributed by atoms with van der Waals surface area (Å²) in [5.41, 5.74) is 11.9. The molecule has 35 heavy (non-hydrogen) atoms. The van der Waals surface area contributed by atoms with Crippen molar-refractivity contribution in [3.05, 3.63) is 143 Å². The van der Waals surface area contributed by atoms with E-state index in [1.54, 1.807) is 17.8 Å². The summed E-state index contributed by atoms with van der Waals surface area (Å²) in [5.74, 6) is 0.891. The fourth-order valence-corrected chi connectivity index (χ4v) is 12.7. The minimum absolute atomic E-state index is 0. The molecule has 2 aliphatic rings. The van der Waals surface area contributed by atoms with Crippen LogP contribution >= 0.6 is 0 Å². The standard InChI is InChI=1S/2C16H13.2ClH.Hf/c2*1-12-15-10-6-5-9-14(15)11-16(12)13-7-3-2-4-8-13;;;/h2*2-10,12H,1H3;2*1H;/q;;;;+2/p-2. The van der Waals surface area contributed by atoms with Gasteiger partial charge in [0, 0.05) is 0 Å². The number of benzene rings is 4. The Morgan fingerprint density at radius 2 is 0.800 bits per heavy atom. The number of fused-ring (bicyclic) bond motifs is 2. The van der Waals surface area contributed by atoms with Gasteiger partial charge in [0.25, 0.3) is 0 Å². The van der Waals surface area contributed by atoms with Crippen molar-refractivity contribution in [2.24, 2.45) is 0 Å². The molecule has 6 rings (SSSR count). The van der Waals surface area contributed by atoms with Gasteiger partial charge in [0.2, 0.25) is 0 Å². The van der Waals surface area contributed by atoms with Gasteiger partial charge in [0.1, 0.15) is 0 Å². The van der Waals surface area contributed by atoms with Crippen LogP contribution in [-0.4, -0.2) is 0 Å². The maximum atomic E-state index is 2.40. The topological polar surface area (TPSA) is 0 Å². The molecule has 0 nitrogen and oxygen atoms in total. The van der Waals surface area contributed by atoms with E-state index in [0.29, 0.717) is 11.8 Å². The Hall–Kier alpha value is -2.19. The first-order valence-corrected chi connectivity index (χ1v) is 15.4. The second-order valence-corrected chi connectivity index (χ2v) is 13.5. The zero-order valence-corrected chi connectivity index (χ0v) is 24.9. The molecule has 0 spiro atoms. The van der Waals surface area contributed by atoms with Crippen LogP contribution < -0.4 is 24.8 Å². The SMILES string of the molecule is CC1C(c2ccccc2)=[C]([Hf+2][C]2=C(c3ccccc3)C(C)c3ccccc32)c2ccccc21.[Cl-].[Cl-]. The monoisotopic (exact) mass is 660 g/mol. The Kier molecular flexibility index (Phi) is 8.01. The molecule has 3 heteroatoms. The second kappa shape index (κ2) is 10.8. The van der Waals surface area contributed by atoms with Crippen molar-refractivity contribution in [1.82, 2.24) is 0 Å². The summed E-state index contributed by atoms with van der Waals surface area (Å²) < 4.78 is 3.35. The molecule has 4 aromatic carbocycles. The van der Waals surface area contributed by atoms with Gasteiger partial charge < -0.3 is 24.8 Å². The first-order valence-electron chi connectivity index (χ1n) is 11.8. The van der Waals surface area contributed by atoms with Gasteiger partial charge in [-0.15, -0.1) is 0 Å². The van der Waals surface area contributed by atoms with Crippen LogP contribution in [-0.2, 0) is 22.9 Å². The largest absolute Gasteiger partial charge is 1.00 e. The maximum absolute atomic E-state index is 2.40. The van der Waals surface area contributed by atoms with E-state index in [1.165, 1.54) is 33.4 Å². The number of halogens is 2. The molecule has 0 aliphatic heterocycles. The fourth-order valence-electron chi connectivity index (χ4n) is 5.66. The Labute approximate surface area is 232 Å². The van der Waals surface area contributed by atoms with Crippen LogP contribution in [0, 0.1) is 0 Å². The second-order valence-electron chi connectivity index (χ2n) is 9.05. The first kappa shape index (κ1) is 25.9. The van der Waals surface area contributed by atoms with Crippen LogP contribution in [0.2, 0.25) is 0 Å². The molecule has 0 saturated carbocycles. The molecule has 0 heterocycles. The summed E-state index contributed by atoms with van der Waals surface area (Å²) in [7, 11) is 0. The van der Waals surface area contributed by atoms with Crippen molar-refractivity contribution < 1.29 is 47.7 Å². The molecule has 0 N–H and O–H groups in total. The zero-order chi connectivity index (χ0) is 22.4. The van der Waals surface area contributed by atoms with Crippen LogP contribution in [0.15, 0.2) is 109 Å². The quantitative estimate of drug-likeness (QED) is 0.296. The van der Waals surface area contributed by atoms with E-state index in [2.05, 4.69) is 123 Å². The van der Waals surface area contributed by atoms with Crippen LogP contribution in [0.4, 0.5) is 0 Å². The predicted octanol–water partition coefficient (Wildman–Crippen LogP) is 2.45. The maximum Gasteiger partial charge on any atom is -1.00 e. The Bertz CT molecular complexity index is 1290. The summed E-state index contributed by atoms with van der Waals surface area (Å²) in [6, 6.07) is 40.5. The minimum Gasteiger partial charge on any atom is -1.00 e. The predicted molar refractivity (Wildman–Crippen MR) is 136 cm³/mol. The van der Waals surface area contributed by atoms with Crippen molar-refractivity contribution in [2.75, 3.05) is 0 Å². The molecule has 2 unspecified atom stereocenters. The first-order chi connectivity index (χ1) is 16.2. The molecule has 172 valence electrons. The molecule has 2 aliphatic carbocycles. The van der Waals surface area contributed by atoms with Gasteiger partial charge in [0.05, 0.1) is 0 Å². The van der Waals surface area contributed by atoms with Crippen molar-refractivity contribution in [3.8, 4) is 0 Å². The average molecular weight is 660 g/mol.